The first kappa shape index (κ1) is 16.7. The number of pyridine rings is 1. The molecule has 124 valence electrons. The van der Waals surface area contributed by atoms with Crippen LogP contribution >= 0.6 is 15.9 Å². The van der Waals surface area contributed by atoms with Crippen LogP contribution in [0, 0.1) is 6.92 Å². The van der Waals surface area contributed by atoms with Crippen molar-refractivity contribution >= 4 is 15.9 Å². The largest absolute Gasteiger partial charge is 0.375 e. The van der Waals surface area contributed by atoms with Gasteiger partial charge in [-0.2, -0.15) is 0 Å². The van der Waals surface area contributed by atoms with Crippen molar-refractivity contribution in [3.05, 3.63) is 74.7 Å². The first-order valence-corrected chi connectivity index (χ1v) is 8.47. The highest BCUT2D eigenvalue weighted by molar-refractivity contribution is 9.10. The molecule has 3 rings (SSSR count). The fourth-order valence-electron chi connectivity index (χ4n) is 2.44. The van der Waals surface area contributed by atoms with Gasteiger partial charge in [-0.1, -0.05) is 46.3 Å². The van der Waals surface area contributed by atoms with Gasteiger partial charge in [-0.15, -0.1) is 0 Å². The van der Waals surface area contributed by atoms with E-state index in [9.17, 15) is 4.79 Å². The van der Waals surface area contributed by atoms with Gasteiger partial charge in [-0.05, 0) is 24.6 Å². The molecule has 0 unspecified atom stereocenters. The van der Waals surface area contributed by atoms with Crippen LogP contribution in [-0.4, -0.2) is 21.4 Å². The van der Waals surface area contributed by atoms with Crippen LogP contribution in [0.5, 0.6) is 0 Å². The molecule has 0 radical (unpaired) electrons. The van der Waals surface area contributed by atoms with Crippen LogP contribution in [0.15, 0.2) is 57.9 Å². The number of aryl methyl sites for hydroxylation is 1. The van der Waals surface area contributed by atoms with Crippen molar-refractivity contribution in [2.45, 2.75) is 20.1 Å². The molecule has 0 aliphatic carbocycles. The van der Waals surface area contributed by atoms with Crippen molar-refractivity contribution in [3.8, 4) is 11.3 Å². The highest BCUT2D eigenvalue weighted by atomic mass is 79.9. The minimum atomic E-state index is -0.0942. The number of benzene rings is 1. The Hall–Kier alpha value is -2.18. The summed E-state index contributed by atoms with van der Waals surface area (Å²) in [7, 11) is 0. The summed E-state index contributed by atoms with van der Waals surface area (Å²) >= 11 is 3.44. The van der Waals surface area contributed by atoms with Crippen molar-refractivity contribution in [1.82, 2.24) is 14.8 Å². The second kappa shape index (κ2) is 7.59. The van der Waals surface area contributed by atoms with Gasteiger partial charge in [0.05, 0.1) is 31.0 Å². The Morgan fingerprint density at radius 1 is 1.25 bits per heavy atom. The van der Waals surface area contributed by atoms with Gasteiger partial charge in [0.2, 0.25) is 0 Å². The summed E-state index contributed by atoms with van der Waals surface area (Å²) in [6.45, 7) is 3.37. The van der Waals surface area contributed by atoms with E-state index < -0.39 is 0 Å². The van der Waals surface area contributed by atoms with Crippen molar-refractivity contribution in [2.24, 2.45) is 0 Å². The minimum absolute atomic E-state index is 0.0942. The lowest BCUT2D eigenvalue weighted by atomic mass is 10.2. The number of hydrogen-bond acceptors (Lipinski definition) is 3. The predicted octanol–water partition coefficient (Wildman–Crippen LogP) is 3.53. The van der Waals surface area contributed by atoms with E-state index in [2.05, 4.69) is 26.0 Å². The number of H-pyrrole nitrogens is 1. The van der Waals surface area contributed by atoms with Gasteiger partial charge in [0.25, 0.3) is 5.56 Å². The molecule has 1 N–H and O–H groups in total. The van der Waals surface area contributed by atoms with Crippen LogP contribution in [-0.2, 0) is 17.9 Å². The Morgan fingerprint density at radius 3 is 2.79 bits per heavy atom. The second-order valence-corrected chi connectivity index (χ2v) is 6.41. The third kappa shape index (κ3) is 4.01. The van der Waals surface area contributed by atoms with Crippen molar-refractivity contribution in [3.63, 3.8) is 0 Å². The second-order valence-electron chi connectivity index (χ2n) is 5.49. The number of aromatic nitrogens is 3. The Labute approximate surface area is 148 Å². The van der Waals surface area contributed by atoms with E-state index in [1.54, 1.807) is 6.20 Å². The molecule has 2 heterocycles. The molecule has 6 heteroatoms. The van der Waals surface area contributed by atoms with Gasteiger partial charge < -0.3 is 9.84 Å². The molecule has 2 aromatic heterocycles. The van der Waals surface area contributed by atoms with Gasteiger partial charge in [0.1, 0.15) is 0 Å². The number of hydrogen-bond donors (Lipinski definition) is 1. The lowest BCUT2D eigenvalue weighted by molar-refractivity contribution is 0.110. The predicted molar refractivity (Wildman–Crippen MR) is 96.8 cm³/mol. The SMILES string of the molecule is Cc1cc(Br)cc(-c2c[nH]n(CCOCc3ccccc3)c2=O)n1. The third-order valence-electron chi connectivity index (χ3n) is 3.61. The molecule has 0 atom stereocenters. The fourth-order valence-corrected chi connectivity index (χ4v) is 2.99. The average molecular weight is 388 g/mol. The summed E-state index contributed by atoms with van der Waals surface area (Å²) in [5.74, 6) is 0. The van der Waals surface area contributed by atoms with E-state index in [4.69, 9.17) is 4.74 Å². The third-order valence-corrected chi connectivity index (χ3v) is 4.06. The molecule has 3 aromatic rings. The summed E-state index contributed by atoms with van der Waals surface area (Å²) in [6, 6.07) is 13.7. The van der Waals surface area contributed by atoms with E-state index in [1.807, 2.05) is 49.4 Å². The zero-order valence-electron chi connectivity index (χ0n) is 13.3. The zero-order chi connectivity index (χ0) is 16.9. The molecule has 5 nitrogen and oxygen atoms in total. The molecule has 24 heavy (non-hydrogen) atoms. The monoisotopic (exact) mass is 387 g/mol. The molecule has 0 spiro atoms. The average Bonchev–Trinajstić information content (AvgIpc) is 2.93. The maximum absolute atomic E-state index is 12.5. The van der Waals surface area contributed by atoms with Gasteiger partial charge in [0.15, 0.2) is 0 Å². The number of nitrogens with zero attached hydrogens (tertiary/aromatic N) is 2. The summed E-state index contributed by atoms with van der Waals surface area (Å²) in [6.07, 6.45) is 1.69. The van der Waals surface area contributed by atoms with Crippen LogP contribution < -0.4 is 5.56 Å². The molecule has 0 amide bonds. The molecule has 0 bridgehead atoms. The Kier molecular flexibility index (Phi) is 5.27. The van der Waals surface area contributed by atoms with E-state index >= 15 is 0 Å². The van der Waals surface area contributed by atoms with E-state index in [0.29, 0.717) is 31.0 Å². The molecule has 1 aromatic carbocycles. The Bertz CT molecular complexity index is 851. The molecule has 0 aliphatic heterocycles. The smallest absolute Gasteiger partial charge is 0.276 e. The quantitative estimate of drug-likeness (QED) is 0.658. The van der Waals surface area contributed by atoms with Crippen LogP contribution in [0.3, 0.4) is 0 Å². The number of halogens is 1. The standard InChI is InChI=1S/C18H18BrN3O2/c1-13-9-15(19)10-17(21-13)16-11-20-22(18(16)23)7-8-24-12-14-5-3-2-4-6-14/h2-6,9-11,20H,7-8,12H2,1H3. The molecule has 0 aliphatic rings. The molecule has 0 saturated carbocycles. The fraction of sp³-hybridized carbons (Fsp3) is 0.222. The van der Waals surface area contributed by atoms with E-state index in [-0.39, 0.29) is 5.56 Å². The normalized spacial score (nSPS) is 10.9. The van der Waals surface area contributed by atoms with Crippen LogP contribution in [0.4, 0.5) is 0 Å². The van der Waals surface area contributed by atoms with Crippen LogP contribution in [0.1, 0.15) is 11.3 Å². The number of nitrogens with one attached hydrogen (secondary N) is 1. The Balaban J connectivity index is 1.64. The molecular formula is C18H18BrN3O2. The number of aromatic amines is 1. The minimum Gasteiger partial charge on any atom is -0.375 e. The van der Waals surface area contributed by atoms with E-state index in [1.165, 1.54) is 4.68 Å². The van der Waals surface area contributed by atoms with E-state index in [0.717, 1.165) is 15.7 Å². The summed E-state index contributed by atoms with van der Waals surface area (Å²) in [5, 5.41) is 2.98. The van der Waals surface area contributed by atoms with Gasteiger partial charge in [0, 0.05) is 16.4 Å². The maximum atomic E-state index is 12.5. The lowest BCUT2D eigenvalue weighted by Gasteiger charge is -2.04. The number of rotatable bonds is 6. The zero-order valence-corrected chi connectivity index (χ0v) is 14.9. The number of ether oxygens (including phenoxy) is 1. The van der Waals surface area contributed by atoms with Gasteiger partial charge in [-0.25, -0.2) is 0 Å². The summed E-state index contributed by atoms with van der Waals surface area (Å²) < 4.78 is 8.07. The van der Waals surface area contributed by atoms with Crippen molar-refractivity contribution in [2.75, 3.05) is 6.61 Å². The van der Waals surface area contributed by atoms with Crippen LogP contribution in [0.25, 0.3) is 11.3 Å². The molecule has 0 fully saturated rings. The van der Waals surface area contributed by atoms with Crippen molar-refractivity contribution in [1.29, 1.82) is 0 Å². The topological polar surface area (TPSA) is 59.9 Å². The summed E-state index contributed by atoms with van der Waals surface area (Å²) in [4.78, 5) is 16.9. The molecule has 0 saturated heterocycles. The highest BCUT2D eigenvalue weighted by Gasteiger charge is 2.11. The molecular weight excluding hydrogens is 370 g/mol. The maximum Gasteiger partial charge on any atom is 0.276 e. The Morgan fingerprint density at radius 2 is 2.04 bits per heavy atom. The first-order valence-electron chi connectivity index (χ1n) is 7.68. The van der Waals surface area contributed by atoms with Crippen LogP contribution in [0.2, 0.25) is 0 Å². The lowest BCUT2D eigenvalue weighted by Crippen LogP contribution is -2.20. The summed E-state index contributed by atoms with van der Waals surface area (Å²) in [5.41, 5.74) is 3.10. The first-order chi connectivity index (χ1) is 11.6. The van der Waals surface area contributed by atoms with Gasteiger partial charge >= 0.3 is 0 Å². The van der Waals surface area contributed by atoms with Crippen molar-refractivity contribution < 1.29 is 4.74 Å². The highest BCUT2D eigenvalue weighted by Crippen LogP contribution is 2.19. The van der Waals surface area contributed by atoms with Gasteiger partial charge in [-0.3, -0.25) is 14.5 Å².